The van der Waals surface area contributed by atoms with Crippen LogP contribution in [0.3, 0.4) is 0 Å². The molecule has 130 valence electrons. The van der Waals surface area contributed by atoms with Gasteiger partial charge >= 0.3 is 0 Å². The van der Waals surface area contributed by atoms with E-state index in [-0.39, 0.29) is 5.91 Å². The number of methoxy groups -OCH3 is 1. The largest absolute Gasteiger partial charge is 0.497 e. The second-order valence-electron chi connectivity index (χ2n) is 6.56. The van der Waals surface area contributed by atoms with Gasteiger partial charge in [0.25, 0.3) is 5.91 Å². The SMILES string of the molecule is COc1ccc(NC(=O)c2c(C)sc3c4c([nH]c23)CCCCC4)cc1. The molecule has 0 fully saturated rings. The monoisotopic (exact) mass is 354 g/mol. The number of fused-ring (bicyclic) bond motifs is 3. The molecule has 0 aliphatic heterocycles. The van der Waals surface area contributed by atoms with Crippen LogP contribution in [-0.4, -0.2) is 18.0 Å². The lowest BCUT2D eigenvalue weighted by atomic mass is 10.1. The van der Waals surface area contributed by atoms with Crippen LogP contribution in [0.15, 0.2) is 24.3 Å². The van der Waals surface area contributed by atoms with Gasteiger partial charge in [-0.05, 0) is 62.4 Å². The van der Waals surface area contributed by atoms with Gasteiger partial charge in [0.2, 0.25) is 0 Å². The zero-order valence-corrected chi connectivity index (χ0v) is 15.4. The number of hydrogen-bond donors (Lipinski definition) is 2. The molecule has 1 aliphatic rings. The summed E-state index contributed by atoms with van der Waals surface area (Å²) in [5.74, 6) is 0.727. The number of hydrogen-bond acceptors (Lipinski definition) is 3. The molecule has 0 atom stereocenters. The van der Waals surface area contributed by atoms with Gasteiger partial charge in [-0.3, -0.25) is 4.79 Å². The fourth-order valence-electron chi connectivity index (χ4n) is 3.64. The highest BCUT2D eigenvalue weighted by atomic mass is 32.1. The van der Waals surface area contributed by atoms with Crippen molar-refractivity contribution in [2.75, 3.05) is 12.4 Å². The van der Waals surface area contributed by atoms with E-state index >= 15 is 0 Å². The number of thiophene rings is 1. The summed E-state index contributed by atoms with van der Waals surface area (Å²) in [4.78, 5) is 17.5. The van der Waals surface area contributed by atoms with Crippen molar-refractivity contribution < 1.29 is 9.53 Å². The van der Waals surface area contributed by atoms with Crippen molar-refractivity contribution in [2.24, 2.45) is 0 Å². The minimum absolute atomic E-state index is 0.0506. The van der Waals surface area contributed by atoms with Crippen molar-refractivity contribution in [3.63, 3.8) is 0 Å². The molecule has 1 aromatic carbocycles. The van der Waals surface area contributed by atoms with Crippen LogP contribution in [0.4, 0.5) is 5.69 Å². The van der Waals surface area contributed by atoms with Crippen LogP contribution in [0.2, 0.25) is 0 Å². The summed E-state index contributed by atoms with van der Waals surface area (Å²) < 4.78 is 6.44. The first-order chi connectivity index (χ1) is 12.2. The number of carbonyl (C=O) groups excluding carboxylic acids is 1. The fourth-order valence-corrected chi connectivity index (χ4v) is 4.85. The van der Waals surface area contributed by atoms with Crippen molar-refractivity contribution in [1.29, 1.82) is 0 Å². The predicted molar refractivity (Wildman–Crippen MR) is 103 cm³/mol. The molecule has 0 spiro atoms. The van der Waals surface area contributed by atoms with E-state index in [1.54, 1.807) is 18.4 Å². The maximum absolute atomic E-state index is 12.9. The maximum Gasteiger partial charge on any atom is 0.258 e. The van der Waals surface area contributed by atoms with Gasteiger partial charge in [-0.1, -0.05) is 6.42 Å². The van der Waals surface area contributed by atoms with Gasteiger partial charge in [-0.15, -0.1) is 11.3 Å². The van der Waals surface area contributed by atoms with Crippen LogP contribution in [0.1, 0.15) is 45.8 Å². The normalized spacial score (nSPS) is 14.2. The quantitative estimate of drug-likeness (QED) is 0.645. The van der Waals surface area contributed by atoms with E-state index in [4.69, 9.17) is 4.74 Å². The number of rotatable bonds is 3. The van der Waals surface area contributed by atoms with Crippen LogP contribution in [0, 0.1) is 6.92 Å². The second-order valence-corrected chi connectivity index (χ2v) is 7.79. The molecule has 0 saturated carbocycles. The predicted octanol–water partition coefficient (Wildman–Crippen LogP) is 5.07. The Morgan fingerprint density at radius 3 is 2.68 bits per heavy atom. The number of aryl methyl sites for hydroxylation is 3. The third-order valence-electron chi connectivity index (χ3n) is 4.93. The Morgan fingerprint density at radius 2 is 1.92 bits per heavy atom. The number of H-pyrrole nitrogens is 1. The smallest absolute Gasteiger partial charge is 0.258 e. The molecule has 0 radical (unpaired) electrons. The van der Waals surface area contributed by atoms with Crippen molar-refractivity contribution in [2.45, 2.75) is 39.0 Å². The first-order valence-corrected chi connectivity index (χ1v) is 9.57. The molecule has 0 saturated heterocycles. The second kappa shape index (κ2) is 6.56. The third kappa shape index (κ3) is 2.93. The standard InChI is InChI=1S/C20H22N2O2S/c1-12-17(20(23)21-13-8-10-14(24-2)11-9-13)18-19(25-12)15-6-4-3-5-7-16(15)22-18/h8-11,22H,3-7H2,1-2H3,(H,21,23). The van der Waals surface area contributed by atoms with E-state index in [9.17, 15) is 4.79 Å². The van der Waals surface area contributed by atoms with Gasteiger partial charge in [-0.25, -0.2) is 0 Å². The Balaban J connectivity index is 1.67. The Hall–Kier alpha value is -2.27. The number of ether oxygens (including phenoxy) is 1. The van der Waals surface area contributed by atoms with E-state index in [1.807, 2.05) is 31.2 Å². The lowest BCUT2D eigenvalue weighted by Gasteiger charge is -2.06. The van der Waals surface area contributed by atoms with Gasteiger partial charge in [0.1, 0.15) is 5.75 Å². The molecule has 4 rings (SSSR count). The molecule has 0 bridgehead atoms. The van der Waals surface area contributed by atoms with Crippen LogP contribution in [0.25, 0.3) is 10.2 Å². The average Bonchev–Trinajstić information content (AvgIpc) is 2.99. The van der Waals surface area contributed by atoms with Crippen molar-refractivity contribution in [3.8, 4) is 5.75 Å². The summed E-state index contributed by atoms with van der Waals surface area (Å²) in [5.41, 5.74) is 5.34. The summed E-state index contributed by atoms with van der Waals surface area (Å²) in [7, 11) is 1.63. The van der Waals surface area contributed by atoms with Crippen molar-refractivity contribution in [1.82, 2.24) is 4.98 Å². The van der Waals surface area contributed by atoms with Gasteiger partial charge in [0, 0.05) is 16.3 Å². The summed E-state index contributed by atoms with van der Waals surface area (Å²) in [5, 5.41) is 3.01. The van der Waals surface area contributed by atoms with Crippen LogP contribution in [0.5, 0.6) is 5.75 Å². The summed E-state index contributed by atoms with van der Waals surface area (Å²) in [6.07, 6.45) is 5.97. The number of anilines is 1. The molecule has 2 N–H and O–H groups in total. The fraction of sp³-hybridized carbons (Fsp3) is 0.350. The minimum atomic E-state index is -0.0506. The lowest BCUT2D eigenvalue weighted by molar-refractivity contribution is 0.102. The molecule has 0 unspecified atom stereocenters. The Kier molecular flexibility index (Phi) is 4.25. The van der Waals surface area contributed by atoms with Gasteiger partial charge < -0.3 is 15.0 Å². The molecule has 5 heteroatoms. The highest BCUT2D eigenvalue weighted by Gasteiger charge is 2.23. The van der Waals surface area contributed by atoms with E-state index in [2.05, 4.69) is 10.3 Å². The molecule has 1 amide bonds. The first kappa shape index (κ1) is 16.2. The first-order valence-electron chi connectivity index (χ1n) is 8.75. The summed E-state index contributed by atoms with van der Waals surface area (Å²) in [6, 6.07) is 7.42. The number of aromatic nitrogens is 1. The topological polar surface area (TPSA) is 54.1 Å². The number of amides is 1. The minimum Gasteiger partial charge on any atom is -0.497 e. The summed E-state index contributed by atoms with van der Waals surface area (Å²) in [6.45, 7) is 2.03. The summed E-state index contributed by atoms with van der Waals surface area (Å²) >= 11 is 1.74. The van der Waals surface area contributed by atoms with E-state index in [0.717, 1.165) is 40.2 Å². The van der Waals surface area contributed by atoms with E-state index in [1.165, 1.54) is 35.2 Å². The van der Waals surface area contributed by atoms with Crippen molar-refractivity contribution >= 4 is 33.1 Å². The molecular weight excluding hydrogens is 332 g/mol. The number of benzene rings is 1. The number of aromatic amines is 1. The molecule has 25 heavy (non-hydrogen) atoms. The molecule has 3 aromatic rings. The molecular formula is C20H22N2O2S. The van der Waals surface area contributed by atoms with E-state index < -0.39 is 0 Å². The molecule has 1 aliphatic carbocycles. The zero-order chi connectivity index (χ0) is 17.4. The van der Waals surface area contributed by atoms with Gasteiger partial charge in [-0.2, -0.15) is 0 Å². The molecule has 2 aromatic heterocycles. The Morgan fingerprint density at radius 1 is 1.16 bits per heavy atom. The number of carbonyl (C=O) groups is 1. The van der Waals surface area contributed by atoms with Crippen LogP contribution >= 0.6 is 11.3 Å². The molecule has 4 nitrogen and oxygen atoms in total. The molecule has 2 heterocycles. The van der Waals surface area contributed by atoms with Crippen molar-refractivity contribution in [3.05, 3.63) is 46.0 Å². The van der Waals surface area contributed by atoms with E-state index in [0.29, 0.717) is 0 Å². The van der Waals surface area contributed by atoms with Gasteiger partial charge in [0.15, 0.2) is 0 Å². The highest BCUT2D eigenvalue weighted by molar-refractivity contribution is 7.19. The highest BCUT2D eigenvalue weighted by Crippen LogP contribution is 2.37. The van der Waals surface area contributed by atoms with Crippen LogP contribution < -0.4 is 10.1 Å². The number of nitrogens with one attached hydrogen (secondary N) is 2. The zero-order valence-electron chi connectivity index (χ0n) is 14.6. The lowest BCUT2D eigenvalue weighted by Crippen LogP contribution is -2.12. The Labute approximate surface area is 151 Å². The average molecular weight is 354 g/mol. The van der Waals surface area contributed by atoms with Gasteiger partial charge in [0.05, 0.1) is 22.9 Å². The van der Waals surface area contributed by atoms with Crippen LogP contribution in [-0.2, 0) is 12.8 Å². The maximum atomic E-state index is 12.9. The Bertz CT molecular complexity index is 921. The third-order valence-corrected chi connectivity index (χ3v) is 6.09.